The second-order valence-corrected chi connectivity index (χ2v) is 4.72. The topological polar surface area (TPSA) is 64.9 Å². The Morgan fingerprint density at radius 2 is 2.25 bits per heavy atom. The van der Waals surface area contributed by atoms with Crippen LogP contribution in [0.1, 0.15) is 11.4 Å². The first-order valence-electron chi connectivity index (χ1n) is 4.62. The van der Waals surface area contributed by atoms with Gasteiger partial charge >= 0.3 is 0 Å². The monoisotopic (exact) mass is 255 g/mol. The van der Waals surface area contributed by atoms with Gasteiger partial charge in [0.05, 0.1) is 0 Å². The fraction of sp³-hybridized carbons (Fsp3) is 0.200. The van der Waals surface area contributed by atoms with Crippen molar-refractivity contribution in [2.45, 2.75) is 17.6 Å². The Morgan fingerprint density at radius 1 is 1.44 bits per heavy atom. The molecule has 0 saturated heterocycles. The minimum atomic E-state index is 0.640. The zero-order valence-corrected chi connectivity index (χ0v) is 10.2. The number of hydrogen-bond acceptors (Lipinski definition) is 5. The van der Waals surface area contributed by atoms with Crippen LogP contribution in [0.15, 0.2) is 27.7 Å². The molecule has 2 rings (SSSR count). The Morgan fingerprint density at radius 3 is 2.88 bits per heavy atom. The van der Waals surface area contributed by atoms with Crippen LogP contribution in [0.5, 0.6) is 0 Å². The van der Waals surface area contributed by atoms with Crippen molar-refractivity contribution in [3.8, 4) is 0 Å². The van der Waals surface area contributed by atoms with Crippen LogP contribution in [0.2, 0.25) is 5.02 Å². The molecule has 0 bridgehead atoms. The molecule has 4 nitrogen and oxygen atoms in total. The van der Waals surface area contributed by atoms with Crippen molar-refractivity contribution in [3.63, 3.8) is 0 Å². The first-order valence-corrected chi connectivity index (χ1v) is 5.99. The van der Waals surface area contributed by atoms with Gasteiger partial charge in [-0.05, 0) is 25.1 Å². The number of rotatable bonds is 3. The smallest absolute Gasteiger partial charge is 0.118 e. The third-order valence-corrected chi connectivity index (χ3v) is 3.42. The number of benzene rings is 1. The Balaban J connectivity index is 2.08. The van der Waals surface area contributed by atoms with Gasteiger partial charge in [-0.2, -0.15) is 0 Å². The molecule has 0 aliphatic heterocycles. The summed E-state index contributed by atoms with van der Waals surface area (Å²) in [6.07, 6.45) is 0. The van der Waals surface area contributed by atoms with Gasteiger partial charge in [-0.25, -0.2) is 4.63 Å². The highest BCUT2D eigenvalue weighted by Gasteiger charge is 2.07. The Bertz CT molecular complexity index is 501. The SMILES string of the molecule is Cc1nonc1CSc1ccc(Cl)cc1N. The van der Waals surface area contributed by atoms with E-state index in [-0.39, 0.29) is 0 Å². The third kappa shape index (κ3) is 2.48. The molecule has 0 aliphatic rings. The highest BCUT2D eigenvalue weighted by Crippen LogP contribution is 2.30. The first-order chi connectivity index (χ1) is 7.66. The molecule has 2 aromatic rings. The summed E-state index contributed by atoms with van der Waals surface area (Å²) in [7, 11) is 0. The number of nitrogens with two attached hydrogens (primary N) is 1. The van der Waals surface area contributed by atoms with E-state index in [0.717, 1.165) is 16.3 Å². The number of aromatic nitrogens is 2. The molecule has 2 N–H and O–H groups in total. The molecule has 0 aliphatic carbocycles. The summed E-state index contributed by atoms with van der Waals surface area (Å²) < 4.78 is 4.62. The normalized spacial score (nSPS) is 10.6. The van der Waals surface area contributed by atoms with Gasteiger partial charge in [0.2, 0.25) is 0 Å². The highest BCUT2D eigenvalue weighted by molar-refractivity contribution is 7.98. The fourth-order valence-electron chi connectivity index (χ4n) is 1.18. The number of thioether (sulfide) groups is 1. The van der Waals surface area contributed by atoms with E-state index >= 15 is 0 Å². The lowest BCUT2D eigenvalue weighted by molar-refractivity contribution is 0.302. The molecule has 1 aromatic carbocycles. The zero-order chi connectivity index (χ0) is 11.5. The lowest BCUT2D eigenvalue weighted by Crippen LogP contribution is -1.90. The lowest BCUT2D eigenvalue weighted by Gasteiger charge is -2.04. The molecule has 1 aromatic heterocycles. The molecule has 84 valence electrons. The second kappa shape index (κ2) is 4.76. The Hall–Kier alpha value is -1.20. The summed E-state index contributed by atoms with van der Waals surface area (Å²) in [5.74, 6) is 0.682. The van der Waals surface area contributed by atoms with E-state index in [1.807, 2.05) is 19.1 Å². The van der Waals surface area contributed by atoms with E-state index in [1.165, 1.54) is 0 Å². The van der Waals surface area contributed by atoms with Gasteiger partial charge in [0.1, 0.15) is 11.4 Å². The summed E-state index contributed by atoms with van der Waals surface area (Å²) in [5.41, 5.74) is 8.15. The maximum Gasteiger partial charge on any atom is 0.118 e. The summed E-state index contributed by atoms with van der Waals surface area (Å²) in [6, 6.07) is 5.44. The zero-order valence-electron chi connectivity index (χ0n) is 8.61. The van der Waals surface area contributed by atoms with Crippen molar-refractivity contribution >= 4 is 29.1 Å². The van der Waals surface area contributed by atoms with Gasteiger partial charge in [-0.15, -0.1) is 11.8 Å². The van der Waals surface area contributed by atoms with Crippen LogP contribution in [-0.2, 0) is 5.75 Å². The van der Waals surface area contributed by atoms with Crippen molar-refractivity contribution in [3.05, 3.63) is 34.6 Å². The Kier molecular flexibility index (Phi) is 3.36. The third-order valence-electron chi connectivity index (χ3n) is 2.08. The van der Waals surface area contributed by atoms with Crippen molar-refractivity contribution in [1.29, 1.82) is 0 Å². The quantitative estimate of drug-likeness (QED) is 0.675. The summed E-state index contributed by atoms with van der Waals surface area (Å²) in [4.78, 5) is 0.979. The lowest BCUT2D eigenvalue weighted by atomic mass is 10.3. The summed E-state index contributed by atoms with van der Waals surface area (Å²) >= 11 is 7.40. The number of aryl methyl sites for hydroxylation is 1. The molecule has 0 spiro atoms. The van der Waals surface area contributed by atoms with Gasteiger partial charge < -0.3 is 5.73 Å². The molecule has 0 fully saturated rings. The number of halogens is 1. The molecule has 0 saturated carbocycles. The molecule has 0 atom stereocenters. The fourth-order valence-corrected chi connectivity index (χ4v) is 2.30. The van der Waals surface area contributed by atoms with Crippen LogP contribution in [0, 0.1) is 6.92 Å². The number of nitrogens with zero attached hydrogens (tertiary/aromatic N) is 2. The first kappa shape index (κ1) is 11.3. The summed E-state index contributed by atoms with van der Waals surface area (Å²) in [6.45, 7) is 1.86. The van der Waals surface area contributed by atoms with E-state index in [9.17, 15) is 0 Å². The Labute approximate surface area is 102 Å². The maximum absolute atomic E-state index is 5.83. The van der Waals surface area contributed by atoms with Crippen molar-refractivity contribution < 1.29 is 4.63 Å². The molecule has 0 unspecified atom stereocenters. The van der Waals surface area contributed by atoms with E-state index in [2.05, 4.69) is 14.9 Å². The largest absolute Gasteiger partial charge is 0.398 e. The minimum Gasteiger partial charge on any atom is -0.398 e. The summed E-state index contributed by atoms with van der Waals surface area (Å²) in [5, 5.41) is 8.16. The van der Waals surface area contributed by atoms with E-state index in [0.29, 0.717) is 16.5 Å². The van der Waals surface area contributed by atoms with Crippen LogP contribution in [0.25, 0.3) is 0 Å². The van der Waals surface area contributed by atoms with Crippen LogP contribution in [0.4, 0.5) is 5.69 Å². The van der Waals surface area contributed by atoms with Gasteiger partial charge in [-0.3, -0.25) is 0 Å². The predicted molar refractivity (Wildman–Crippen MR) is 64.5 cm³/mol. The molecule has 16 heavy (non-hydrogen) atoms. The average Bonchev–Trinajstić information content (AvgIpc) is 2.63. The van der Waals surface area contributed by atoms with Crippen LogP contribution in [0.3, 0.4) is 0 Å². The van der Waals surface area contributed by atoms with E-state index < -0.39 is 0 Å². The second-order valence-electron chi connectivity index (χ2n) is 3.27. The van der Waals surface area contributed by atoms with Gasteiger partial charge in [0.15, 0.2) is 0 Å². The predicted octanol–water partition coefficient (Wildman–Crippen LogP) is 2.91. The standard InChI is InChI=1S/C10H10ClN3OS/c1-6-9(14-15-13-6)5-16-10-3-2-7(11)4-8(10)12/h2-4H,5,12H2,1H3. The molecule has 0 radical (unpaired) electrons. The minimum absolute atomic E-state index is 0.640. The van der Waals surface area contributed by atoms with Crippen LogP contribution < -0.4 is 5.73 Å². The number of hydrogen-bond donors (Lipinski definition) is 1. The molecule has 6 heteroatoms. The molecule has 1 heterocycles. The highest BCUT2D eigenvalue weighted by atomic mass is 35.5. The van der Waals surface area contributed by atoms with Gasteiger partial charge in [-0.1, -0.05) is 21.9 Å². The molecular formula is C10H10ClN3OS. The van der Waals surface area contributed by atoms with Crippen molar-refractivity contribution in [2.24, 2.45) is 0 Å². The van der Waals surface area contributed by atoms with Gasteiger partial charge in [0, 0.05) is 21.4 Å². The van der Waals surface area contributed by atoms with Crippen LogP contribution in [-0.4, -0.2) is 10.3 Å². The molecule has 0 amide bonds. The van der Waals surface area contributed by atoms with E-state index in [1.54, 1.807) is 17.8 Å². The van der Waals surface area contributed by atoms with Crippen LogP contribution >= 0.6 is 23.4 Å². The number of anilines is 1. The van der Waals surface area contributed by atoms with Gasteiger partial charge in [0.25, 0.3) is 0 Å². The van der Waals surface area contributed by atoms with Crippen molar-refractivity contribution in [2.75, 3.05) is 5.73 Å². The van der Waals surface area contributed by atoms with E-state index in [4.69, 9.17) is 17.3 Å². The average molecular weight is 256 g/mol. The number of nitrogen functional groups attached to an aromatic ring is 1. The maximum atomic E-state index is 5.83. The molecular weight excluding hydrogens is 246 g/mol. The van der Waals surface area contributed by atoms with Crippen molar-refractivity contribution in [1.82, 2.24) is 10.3 Å².